The summed E-state index contributed by atoms with van der Waals surface area (Å²) in [7, 11) is 3.06. The second kappa shape index (κ2) is 8.52. The number of methoxy groups -OCH3 is 1. The molecule has 3 rings (SSSR count). The smallest absolute Gasteiger partial charge is 0.271 e. The lowest BCUT2D eigenvalue weighted by atomic mass is 10.2. The second-order valence-corrected chi connectivity index (χ2v) is 7.44. The molecule has 0 aliphatic rings. The Balaban J connectivity index is 1.62. The number of rotatable bonds is 7. The molecule has 11 heteroatoms. The van der Waals surface area contributed by atoms with E-state index in [1.165, 1.54) is 40.6 Å². The Morgan fingerprint density at radius 1 is 1.31 bits per heavy atom. The molecule has 1 amide bonds. The molecular weight excluding hydrogens is 397 g/mol. The van der Waals surface area contributed by atoms with Crippen molar-refractivity contribution >= 4 is 17.7 Å². The molecule has 0 fully saturated rings. The third-order valence-corrected chi connectivity index (χ3v) is 5.16. The summed E-state index contributed by atoms with van der Waals surface area (Å²) >= 11 is 1.17. The first kappa shape index (κ1) is 20.6. The van der Waals surface area contributed by atoms with E-state index in [0.29, 0.717) is 16.7 Å². The Labute approximate surface area is 171 Å². The van der Waals surface area contributed by atoms with E-state index in [4.69, 9.17) is 10.6 Å². The largest absolute Gasteiger partial charge is 0.494 e. The van der Waals surface area contributed by atoms with Crippen LogP contribution >= 0.6 is 11.8 Å². The van der Waals surface area contributed by atoms with Crippen molar-refractivity contribution in [1.82, 2.24) is 29.6 Å². The molecule has 0 unspecified atom stereocenters. The van der Waals surface area contributed by atoms with Crippen LogP contribution in [0.3, 0.4) is 0 Å². The third-order valence-electron chi connectivity index (χ3n) is 4.23. The third kappa shape index (κ3) is 4.50. The van der Waals surface area contributed by atoms with E-state index in [9.17, 15) is 9.18 Å². The summed E-state index contributed by atoms with van der Waals surface area (Å²) in [5, 5.41) is 12.8. The van der Waals surface area contributed by atoms with Gasteiger partial charge in [0.25, 0.3) is 5.95 Å². The summed E-state index contributed by atoms with van der Waals surface area (Å²) < 4.78 is 21.6. The van der Waals surface area contributed by atoms with Crippen LogP contribution in [0.5, 0.6) is 5.75 Å². The Kier molecular flexibility index (Phi) is 6.06. The topological polar surface area (TPSA) is 104 Å². The molecule has 2 N–H and O–H groups in total. The first-order chi connectivity index (χ1) is 13.8. The van der Waals surface area contributed by atoms with Crippen LogP contribution in [0, 0.1) is 19.7 Å². The predicted molar refractivity (Wildman–Crippen MR) is 107 cm³/mol. The average Bonchev–Trinajstić information content (AvgIpc) is 3.20. The van der Waals surface area contributed by atoms with Gasteiger partial charge in [-0.15, -0.1) is 10.2 Å². The molecule has 0 atom stereocenters. The van der Waals surface area contributed by atoms with E-state index in [1.807, 2.05) is 19.9 Å². The van der Waals surface area contributed by atoms with Crippen LogP contribution in [0.15, 0.2) is 29.4 Å². The van der Waals surface area contributed by atoms with Crippen LogP contribution < -0.4 is 10.6 Å². The minimum atomic E-state index is -0.465. The molecule has 0 saturated heterocycles. The number of benzene rings is 1. The van der Waals surface area contributed by atoms with E-state index >= 15 is 0 Å². The number of carbonyl (C=O) groups is 1. The van der Waals surface area contributed by atoms with E-state index in [-0.39, 0.29) is 24.0 Å². The lowest BCUT2D eigenvalue weighted by Gasteiger charge is -2.17. The number of nitrogens with zero attached hydrogens (tertiary/aromatic N) is 6. The number of amides is 1. The maximum absolute atomic E-state index is 13.8. The van der Waals surface area contributed by atoms with Crippen molar-refractivity contribution in [2.45, 2.75) is 25.5 Å². The molecule has 0 bridgehead atoms. The summed E-state index contributed by atoms with van der Waals surface area (Å²) in [5.74, 6) is 6.11. The van der Waals surface area contributed by atoms with Gasteiger partial charge in [0.15, 0.2) is 11.6 Å². The molecule has 0 spiro atoms. The number of carbonyl (C=O) groups excluding carboxylic acids is 1. The highest BCUT2D eigenvalue weighted by atomic mass is 32.2. The van der Waals surface area contributed by atoms with Crippen molar-refractivity contribution in [3.05, 3.63) is 47.0 Å². The molecule has 2 aromatic heterocycles. The molecule has 154 valence electrons. The van der Waals surface area contributed by atoms with E-state index in [0.717, 1.165) is 11.4 Å². The van der Waals surface area contributed by atoms with Gasteiger partial charge in [-0.05, 0) is 37.6 Å². The lowest BCUT2D eigenvalue weighted by Crippen LogP contribution is -2.28. The number of thioether (sulfide) groups is 1. The molecule has 0 radical (unpaired) electrons. The fraction of sp³-hybridized carbons (Fsp3) is 0.333. The van der Waals surface area contributed by atoms with Crippen LogP contribution in [0.4, 0.5) is 4.39 Å². The number of hydrogen-bond acceptors (Lipinski definition) is 7. The molecule has 0 aliphatic carbocycles. The van der Waals surface area contributed by atoms with Gasteiger partial charge in [-0.25, -0.2) is 13.7 Å². The number of hydrogen-bond donors (Lipinski definition) is 1. The van der Waals surface area contributed by atoms with Crippen molar-refractivity contribution in [2.75, 3.05) is 25.8 Å². The van der Waals surface area contributed by atoms with Crippen LogP contribution in [-0.2, 0) is 11.3 Å². The minimum Gasteiger partial charge on any atom is -0.494 e. The highest BCUT2D eigenvalue weighted by molar-refractivity contribution is 7.99. The fourth-order valence-corrected chi connectivity index (χ4v) is 3.54. The Hall–Kier alpha value is -3.08. The van der Waals surface area contributed by atoms with E-state index in [2.05, 4.69) is 15.3 Å². The molecular formula is C18H22FN7O2S. The Morgan fingerprint density at radius 3 is 2.69 bits per heavy atom. The van der Waals surface area contributed by atoms with Crippen LogP contribution in [-0.4, -0.2) is 55.4 Å². The molecule has 0 aliphatic heterocycles. The van der Waals surface area contributed by atoms with Crippen molar-refractivity contribution in [1.29, 1.82) is 0 Å². The number of aromatic nitrogens is 5. The monoisotopic (exact) mass is 419 g/mol. The SMILES string of the molecule is COc1ccc(CN(C)C(=O)CSc2nnc(-n3nc(C)cc3C)n2N)cc1F. The predicted octanol–water partition coefficient (Wildman–Crippen LogP) is 1.69. The van der Waals surface area contributed by atoms with Crippen LogP contribution in [0.2, 0.25) is 0 Å². The molecule has 9 nitrogen and oxygen atoms in total. The first-order valence-electron chi connectivity index (χ1n) is 8.73. The maximum Gasteiger partial charge on any atom is 0.271 e. The van der Waals surface area contributed by atoms with Crippen molar-refractivity contribution in [3.8, 4) is 11.7 Å². The highest BCUT2D eigenvalue weighted by Crippen LogP contribution is 2.20. The first-order valence-corrected chi connectivity index (χ1v) is 9.72. The normalized spacial score (nSPS) is 10.9. The Morgan fingerprint density at radius 2 is 2.07 bits per heavy atom. The molecule has 0 saturated carbocycles. The van der Waals surface area contributed by atoms with Gasteiger partial charge in [-0.2, -0.15) is 5.10 Å². The number of halogens is 1. The number of ether oxygens (including phenoxy) is 1. The van der Waals surface area contributed by atoms with E-state index in [1.54, 1.807) is 17.8 Å². The molecule has 3 aromatic rings. The van der Waals surface area contributed by atoms with Gasteiger partial charge in [0.1, 0.15) is 0 Å². The minimum absolute atomic E-state index is 0.113. The molecule has 1 aromatic carbocycles. The fourth-order valence-electron chi connectivity index (χ4n) is 2.75. The zero-order valence-corrected chi connectivity index (χ0v) is 17.4. The standard InChI is InChI=1S/C18H22FN7O2S/c1-11-7-12(2)26(23-11)17-21-22-18(25(17)20)29-10-16(27)24(3)9-13-5-6-15(28-4)14(19)8-13/h5-8H,9-10,20H2,1-4H3. The maximum atomic E-state index is 13.8. The zero-order chi connectivity index (χ0) is 21.1. The van der Waals surface area contributed by atoms with Gasteiger partial charge < -0.3 is 15.5 Å². The number of aryl methyl sites for hydroxylation is 2. The van der Waals surface area contributed by atoms with Gasteiger partial charge in [0.2, 0.25) is 11.1 Å². The van der Waals surface area contributed by atoms with Crippen LogP contribution in [0.25, 0.3) is 5.95 Å². The van der Waals surface area contributed by atoms with Crippen molar-refractivity contribution < 1.29 is 13.9 Å². The van der Waals surface area contributed by atoms with Crippen LogP contribution in [0.1, 0.15) is 17.0 Å². The van der Waals surface area contributed by atoms with Gasteiger partial charge in [-0.3, -0.25) is 4.79 Å². The van der Waals surface area contributed by atoms with Crippen molar-refractivity contribution in [3.63, 3.8) is 0 Å². The summed E-state index contributed by atoms with van der Waals surface area (Å²) in [4.78, 5) is 14.0. The van der Waals surface area contributed by atoms with Gasteiger partial charge in [0.05, 0.1) is 18.6 Å². The zero-order valence-electron chi connectivity index (χ0n) is 16.6. The summed E-state index contributed by atoms with van der Waals surface area (Å²) in [6, 6.07) is 6.51. The second-order valence-electron chi connectivity index (χ2n) is 6.50. The number of nitrogen functional groups attached to an aromatic ring is 1. The number of nitrogens with two attached hydrogens (primary N) is 1. The Bertz CT molecular complexity index is 1030. The van der Waals surface area contributed by atoms with E-state index < -0.39 is 5.82 Å². The van der Waals surface area contributed by atoms with Gasteiger partial charge in [0, 0.05) is 19.3 Å². The highest BCUT2D eigenvalue weighted by Gasteiger charge is 2.17. The lowest BCUT2D eigenvalue weighted by molar-refractivity contribution is -0.127. The molecule has 29 heavy (non-hydrogen) atoms. The van der Waals surface area contributed by atoms with Gasteiger partial charge >= 0.3 is 0 Å². The van der Waals surface area contributed by atoms with Gasteiger partial charge in [-0.1, -0.05) is 17.8 Å². The van der Waals surface area contributed by atoms with Crippen molar-refractivity contribution in [2.24, 2.45) is 0 Å². The summed E-state index contributed by atoms with van der Waals surface area (Å²) in [6.45, 7) is 4.04. The summed E-state index contributed by atoms with van der Waals surface area (Å²) in [5.41, 5.74) is 2.38. The molecule has 2 heterocycles. The quantitative estimate of drug-likeness (QED) is 0.459. The average molecular weight is 419 g/mol. The summed E-state index contributed by atoms with van der Waals surface area (Å²) in [6.07, 6.45) is 0.